The van der Waals surface area contributed by atoms with E-state index in [2.05, 4.69) is 0 Å². The van der Waals surface area contributed by atoms with Gasteiger partial charge in [0.2, 0.25) is 9.84 Å². The number of benzene rings is 2. The first-order valence-corrected chi connectivity index (χ1v) is 7.63. The Balaban J connectivity index is 1.94. The van der Waals surface area contributed by atoms with Gasteiger partial charge in [0.1, 0.15) is 6.10 Å². The second-order valence-corrected chi connectivity index (χ2v) is 6.60. The molecule has 1 aliphatic heterocycles. The van der Waals surface area contributed by atoms with Crippen LogP contribution in [-0.2, 0) is 14.6 Å². The first kappa shape index (κ1) is 12.4. The highest BCUT2D eigenvalue weighted by Gasteiger charge is 2.35. The van der Waals surface area contributed by atoms with Crippen LogP contribution in [0.4, 0.5) is 0 Å². The summed E-state index contributed by atoms with van der Waals surface area (Å²) >= 11 is 0. The molecule has 19 heavy (non-hydrogen) atoms. The molecule has 2 atom stereocenters. The van der Waals surface area contributed by atoms with Crippen LogP contribution >= 0.6 is 0 Å². The summed E-state index contributed by atoms with van der Waals surface area (Å²) in [5, 5.41) is 0. The lowest BCUT2D eigenvalue weighted by molar-refractivity contribution is 0.383. The molecule has 0 spiro atoms. The minimum absolute atomic E-state index is 0.119. The van der Waals surface area contributed by atoms with Gasteiger partial charge in [0.25, 0.3) is 0 Å². The quantitative estimate of drug-likeness (QED) is 0.808. The van der Waals surface area contributed by atoms with Gasteiger partial charge in [0, 0.05) is 0 Å². The van der Waals surface area contributed by atoms with Crippen molar-refractivity contribution >= 4 is 9.84 Å². The first-order valence-electron chi connectivity index (χ1n) is 6.14. The van der Waals surface area contributed by atoms with Crippen molar-refractivity contribution in [3.05, 3.63) is 60.2 Å². The minimum atomic E-state index is -3.42. The van der Waals surface area contributed by atoms with Crippen LogP contribution < -0.4 is 0 Å². The summed E-state index contributed by atoms with van der Waals surface area (Å²) in [5.74, 6) is 0. The van der Waals surface area contributed by atoms with Crippen molar-refractivity contribution in [3.8, 4) is 0 Å². The Labute approximate surface area is 112 Å². The van der Waals surface area contributed by atoms with E-state index in [0.717, 1.165) is 5.56 Å². The van der Waals surface area contributed by atoms with E-state index in [-0.39, 0.29) is 12.2 Å². The summed E-state index contributed by atoms with van der Waals surface area (Å²) in [6, 6.07) is 15.4. The molecule has 1 aliphatic rings. The molecule has 0 saturated carbocycles. The minimum Gasteiger partial charge on any atom is -0.365 e. The topological polar surface area (TPSA) is 46.7 Å². The maximum absolute atomic E-state index is 12.4. The summed E-state index contributed by atoms with van der Waals surface area (Å²) in [5.41, 5.74) is 1.03. The Morgan fingerprint density at radius 1 is 0.895 bits per heavy atom. The Morgan fingerprint density at radius 3 is 1.95 bits per heavy atom. The fourth-order valence-electron chi connectivity index (χ4n) is 2.11. The van der Waals surface area contributed by atoms with E-state index >= 15 is 0 Å². The predicted molar refractivity (Wildman–Crippen MR) is 71.6 cm³/mol. The van der Waals surface area contributed by atoms with Crippen molar-refractivity contribution < 1.29 is 13.2 Å². The molecule has 1 fully saturated rings. The van der Waals surface area contributed by atoms with Gasteiger partial charge in [0.15, 0.2) is 0 Å². The van der Waals surface area contributed by atoms with Crippen molar-refractivity contribution in [2.45, 2.75) is 28.9 Å². The third-order valence-corrected chi connectivity index (χ3v) is 5.07. The van der Waals surface area contributed by atoms with Crippen LogP contribution in [0, 0.1) is 0 Å². The normalized spacial score (nSPS) is 22.2. The molecule has 2 aromatic rings. The van der Waals surface area contributed by atoms with Gasteiger partial charge in [-0.05, 0) is 36.8 Å². The zero-order valence-electron chi connectivity index (χ0n) is 10.5. The van der Waals surface area contributed by atoms with Gasteiger partial charge in [-0.1, -0.05) is 30.3 Å². The third kappa shape index (κ3) is 2.29. The van der Waals surface area contributed by atoms with Gasteiger partial charge in [-0.2, -0.15) is 0 Å². The van der Waals surface area contributed by atoms with Crippen molar-refractivity contribution in [2.24, 2.45) is 0 Å². The van der Waals surface area contributed by atoms with E-state index in [4.69, 9.17) is 4.74 Å². The molecule has 4 heteroatoms. The molecule has 2 unspecified atom stereocenters. The molecule has 1 heterocycles. The average molecular weight is 274 g/mol. The van der Waals surface area contributed by atoms with Gasteiger partial charge in [-0.3, -0.25) is 0 Å². The number of sulfone groups is 1. The molecule has 0 N–H and O–H groups in total. The second kappa shape index (κ2) is 4.47. The van der Waals surface area contributed by atoms with Gasteiger partial charge in [-0.15, -0.1) is 0 Å². The van der Waals surface area contributed by atoms with E-state index in [9.17, 15) is 8.42 Å². The lowest BCUT2D eigenvalue weighted by Crippen LogP contribution is -2.01. The molecule has 98 valence electrons. The second-order valence-electron chi connectivity index (χ2n) is 4.65. The fraction of sp³-hybridized carbons (Fsp3) is 0.200. The fourth-order valence-corrected chi connectivity index (χ4v) is 3.39. The SMILES string of the molecule is CC1OC1c1ccc(S(=O)(=O)c2ccccc2)cc1. The number of hydrogen-bond acceptors (Lipinski definition) is 3. The van der Waals surface area contributed by atoms with Gasteiger partial charge in [-0.25, -0.2) is 8.42 Å². The third-order valence-electron chi connectivity index (χ3n) is 3.28. The van der Waals surface area contributed by atoms with Crippen molar-refractivity contribution in [1.29, 1.82) is 0 Å². The molecule has 1 saturated heterocycles. The largest absolute Gasteiger partial charge is 0.365 e. The van der Waals surface area contributed by atoms with E-state index in [0.29, 0.717) is 9.79 Å². The van der Waals surface area contributed by atoms with E-state index in [1.807, 2.05) is 19.1 Å². The Hall–Kier alpha value is -1.65. The zero-order valence-corrected chi connectivity index (χ0v) is 11.3. The van der Waals surface area contributed by atoms with Gasteiger partial charge < -0.3 is 4.74 Å². The van der Waals surface area contributed by atoms with Crippen molar-refractivity contribution in [2.75, 3.05) is 0 Å². The van der Waals surface area contributed by atoms with Crippen LogP contribution in [0.1, 0.15) is 18.6 Å². The molecule has 0 aliphatic carbocycles. The van der Waals surface area contributed by atoms with Crippen LogP contribution in [0.2, 0.25) is 0 Å². The van der Waals surface area contributed by atoms with E-state index in [1.165, 1.54) is 0 Å². The van der Waals surface area contributed by atoms with Crippen LogP contribution in [0.5, 0.6) is 0 Å². The molecular formula is C15H14O3S. The summed E-state index contributed by atoms with van der Waals surface area (Å²) in [7, 11) is -3.42. The summed E-state index contributed by atoms with van der Waals surface area (Å²) in [4.78, 5) is 0.634. The standard InChI is InChI=1S/C15H14O3S/c1-11-15(18-11)12-7-9-14(10-8-12)19(16,17)13-5-3-2-4-6-13/h2-11,15H,1H3. The molecular weight excluding hydrogens is 260 g/mol. The van der Waals surface area contributed by atoms with E-state index < -0.39 is 9.84 Å². The lowest BCUT2D eigenvalue weighted by Gasteiger charge is -2.05. The van der Waals surface area contributed by atoms with Crippen molar-refractivity contribution in [1.82, 2.24) is 0 Å². The predicted octanol–water partition coefficient (Wildman–Crippen LogP) is 2.98. The number of rotatable bonds is 3. The maximum atomic E-state index is 12.4. The highest BCUT2D eigenvalue weighted by Crippen LogP contribution is 2.38. The van der Waals surface area contributed by atoms with Gasteiger partial charge >= 0.3 is 0 Å². The van der Waals surface area contributed by atoms with Crippen LogP contribution in [0.25, 0.3) is 0 Å². The number of epoxide rings is 1. The summed E-state index contributed by atoms with van der Waals surface area (Å²) in [6.45, 7) is 2.00. The Kier molecular flexibility index (Phi) is 2.92. The smallest absolute Gasteiger partial charge is 0.206 e. The molecule has 0 bridgehead atoms. The van der Waals surface area contributed by atoms with Crippen LogP contribution in [-0.4, -0.2) is 14.5 Å². The number of ether oxygens (including phenoxy) is 1. The molecule has 0 aromatic heterocycles. The summed E-state index contributed by atoms with van der Waals surface area (Å²) < 4.78 is 30.1. The zero-order chi connectivity index (χ0) is 13.5. The van der Waals surface area contributed by atoms with E-state index in [1.54, 1.807) is 42.5 Å². The van der Waals surface area contributed by atoms with Crippen LogP contribution in [0.15, 0.2) is 64.4 Å². The lowest BCUT2D eigenvalue weighted by atomic mass is 10.1. The Bertz CT molecular complexity index is 675. The molecule has 3 rings (SSSR count). The summed E-state index contributed by atoms with van der Waals surface area (Å²) in [6.07, 6.45) is 0.352. The number of hydrogen-bond donors (Lipinski definition) is 0. The highest BCUT2D eigenvalue weighted by molar-refractivity contribution is 7.91. The van der Waals surface area contributed by atoms with Crippen LogP contribution in [0.3, 0.4) is 0 Å². The molecule has 0 amide bonds. The average Bonchev–Trinajstić information content (AvgIpc) is 3.17. The maximum Gasteiger partial charge on any atom is 0.206 e. The molecule has 2 aromatic carbocycles. The monoisotopic (exact) mass is 274 g/mol. The highest BCUT2D eigenvalue weighted by atomic mass is 32.2. The first-order chi connectivity index (χ1) is 9.09. The van der Waals surface area contributed by atoms with Crippen molar-refractivity contribution in [3.63, 3.8) is 0 Å². The molecule has 3 nitrogen and oxygen atoms in total. The Morgan fingerprint density at radius 2 is 1.42 bits per heavy atom. The van der Waals surface area contributed by atoms with Gasteiger partial charge in [0.05, 0.1) is 15.9 Å². The molecule has 0 radical (unpaired) electrons.